The van der Waals surface area contributed by atoms with Gasteiger partial charge in [0.05, 0.1) is 12.2 Å². The molecule has 3 fully saturated rings. The van der Waals surface area contributed by atoms with Crippen molar-refractivity contribution in [2.24, 2.45) is 5.92 Å². The van der Waals surface area contributed by atoms with E-state index in [2.05, 4.69) is 35.5 Å². The summed E-state index contributed by atoms with van der Waals surface area (Å²) in [5.74, 6) is 0.989. The fourth-order valence-electron chi connectivity index (χ4n) is 9.00. The predicted molar refractivity (Wildman–Crippen MR) is 192 cm³/mol. The Labute approximate surface area is 283 Å². The van der Waals surface area contributed by atoms with Crippen LogP contribution in [0.2, 0.25) is 0 Å². The van der Waals surface area contributed by atoms with Crippen molar-refractivity contribution >= 4 is 5.91 Å². The topological polar surface area (TPSA) is 84.8 Å². The molecule has 266 valence electrons. The summed E-state index contributed by atoms with van der Waals surface area (Å²) in [4.78, 5) is 14.9. The largest absolute Gasteiger partial charge is 0.392 e. The van der Waals surface area contributed by atoms with Crippen molar-refractivity contribution in [2.45, 2.75) is 223 Å². The first-order chi connectivity index (χ1) is 22.4. The van der Waals surface area contributed by atoms with Gasteiger partial charge in [-0.05, 0) is 84.0 Å². The van der Waals surface area contributed by atoms with E-state index in [-0.39, 0.29) is 24.3 Å². The lowest BCUT2D eigenvalue weighted by atomic mass is 9.85. The highest BCUT2D eigenvalue weighted by atomic mass is 16.3. The third-order valence-corrected chi connectivity index (χ3v) is 12.1. The van der Waals surface area contributed by atoms with Gasteiger partial charge in [0.25, 0.3) is 0 Å². The third kappa shape index (κ3) is 13.2. The molecule has 4 aliphatic rings. The summed E-state index contributed by atoms with van der Waals surface area (Å²) in [7, 11) is 0. The normalized spacial score (nSPS) is 31.7. The molecule has 46 heavy (non-hydrogen) atoms. The van der Waals surface area contributed by atoms with Crippen LogP contribution in [-0.2, 0) is 4.79 Å². The monoisotopic (exact) mass is 644 g/mol. The van der Waals surface area contributed by atoms with Gasteiger partial charge in [0.2, 0.25) is 5.91 Å². The number of rotatable bonds is 22. The van der Waals surface area contributed by atoms with Crippen LogP contribution in [0, 0.1) is 5.92 Å². The highest BCUT2D eigenvalue weighted by molar-refractivity contribution is 5.79. The van der Waals surface area contributed by atoms with Crippen LogP contribution in [0.5, 0.6) is 0 Å². The molecule has 0 unspecified atom stereocenters. The molecule has 0 aromatic rings. The number of nitrogens with zero attached hydrogens (tertiary/aromatic N) is 1. The number of carbonyl (C=O) groups is 1. The number of nitrogens with one attached hydrogen (secondary N) is 2. The Kier molecular flexibility index (Phi) is 17.5. The fourth-order valence-corrected chi connectivity index (χ4v) is 9.00. The lowest BCUT2D eigenvalue weighted by molar-refractivity contribution is -0.129. The fraction of sp³-hybridized carbons (Fsp3) is 0.925. The molecule has 4 heterocycles. The molecule has 0 aromatic carbocycles. The van der Waals surface area contributed by atoms with Gasteiger partial charge in [-0.15, -0.1) is 0 Å². The third-order valence-electron chi connectivity index (χ3n) is 12.1. The van der Waals surface area contributed by atoms with Crippen molar-refractivity contribution in [3.8, 4) is 0 Å². The minimum atomic E-state index is -0.158. The zero-order chi connectivity index (χ0) is 32.6. The lowest BCUT2D eigenvalue weighted by Crippen LogP contribution is -2.48. The summed E-state index contributed by atoms with van der Waals surface area (Å²) in [6, 6.07) is 2.21. The van der Waals surface area contributed by atoms with E-state index in [1.54, 1.807) is 5.57 Å². The number of aliphatic hydroxyl groups excluding tert-OH is 2. The molecule has 4 aliphatic heterocycles. The minimum Gasteiger partial charge on any atom is -0.392 e. The molecule has 8 atom stereocenters. The van der Waals surface area contributed by atoms with Gasteiger partial charge in [-0.25, -0.2) is 0 Å². The van der Waals surface area contributed by atoms with Crippen LogP contribution in [0.15, 0.2) is 11.6 Å². The Morgan fingerprint density at radius 1 is 0.630 bits per heavy atom. The van der Waals surface area contributed by atoms with Crippen LogP contribution < -0.4 is 10.6 Å². The Morgan fingerprint density at radius 3 is 1.59 bits per heavy atom. The van der Waals surface area contributed by atoms with E-state index in [9.17, 15) is 15.0 Å². The molecule has 3 saturated heterocycles. The number of hydrogen-bond acceptors (Lipinski definition) is 5. The average molecular weight is 644 g/mol. The number of amides is 1. The number of piperidine rings is 2. The SMILES string of the molecule is C[C@@H]1N[C@H](CCCCCCCCCCC2=C[C@H](CCCCCCCCCC[C@@H]3CC[C@H](O)[C@H](C)N3)[C@@H]3CCC(=O)N3C2)CC[C@@H]1O. The smallest absolute Gasteiger partial charge is 0.223 e. The van der Waals surface area contributed by atoms with Crippen molar-refractivity contribution in [1.29, 1.82) is 0 Å². The second-order valence-corrected chi connectivity index (χ2v) is 16.0. The Hall–Kier alpha value is -0.950. The second-order valence-electron chi connectivity index (χ2n) is 16.0. The summed E-state index contributed by atoms with van der Waals surface area (Å²) >= 11 is 0. The van der Waals surface area contributed by atoms with Gasteiger partial charge in [-0.3, -0.25) is 4.79 Å². The van der Waals surface area contributed by atoms with Crippen molar-refractivity contribution in [3.05, 3.63) is 11.6 Å². The summed E-state index contributed by atoms with van der Waals surface area (Å²) < 4.78 is 0. The Morgan fingerprint density at radius 2 is 1.09 bits per heavy atom. The van der Waals surface area contributed by atoms with Crippen molar-refractivity contribution in [2.75, 3.05) is 6.54 Å². The van der Waals surface area contributed by atoms with Gasteiger partial charge < -0.3 is 25.7 Å². The van der Waals surface area contributed by atoms with Crippen molar-refractivity contribution < 1.29 is 15.0 Å². The summed E-state index contributed by atoms with van der Waals surface area (Å²) in [5.41, 5.74) is 1.55. The summed E-state index contributed by atoms with van der Waals surface area (Å²) in [6.45, 7) is 5.13. The molecule has 0 bridgehead atoms. The molecule has 1 amide bonds. The van der Waals surface area contributed by atoms with Gasteiger partial charge in [-0.2, -0.15) is 0 Å². The molecule has 0 saturated carbocycles. The van der Waals surface area contributed by atoms with Gasteiger partial charge in [-0.1, -0.05) is 108 Å². The number of carbonyl (C=O) groups excluding carboxylic acids is 1. The van der Waals surface area contributed by atoms with Gasteiger partial charge in [0.15, 0.2) is 0 Å². The van der Waals surface area contributed by atoms with Crippen LogP contribution in [0.25, 0.3) is 0 Å². The summed E-state index contributed by atoms with van der Waals surface area (Å²) in [6.07, 6.45) is 34.8. The van der Waals surface area contributed by atoms with E-state index in [4.69, 9.17) is 0 Å². The zero-order valence-electron chi connectivity index (χ0n) is 30.0. The molecule has 0 radical (unpaired) electrons. The number of hydrogen-bond donors (Lipinski definition) is 4. The second kappa shape index (κ2) is 21.2. The number of aliphatic hydroxyl groups is 2. The maximum absolute atomic E-state index is 12.7. The Balaban J connectivity index is 0.988. The minimum absolute atomic E-state index is 0.157. The molecule has 6 heteroatoms. The van der Waals surface area contributed by atoms with Gasteiger partial charge in [0.1, 0.15) is 0 Å². The van der Waals surface area contributed by atoms with E-state index < -0.39 is 0 Å². The highest BCUT2D eigenvalue weighted by Crippen LogP contribution is 2.35. The van der Waals surface area contributed by atoms with Gasteiger partial charge in [0, 0.05) is 43.2 Å². The lowest BCUT2D eigenvalue weighted by Gasteiger charge is -2.36. The van der Waals surface area contributed by atoms with E-state index in [1.165, 1.54) is 128 Å². The average Bonchev–Trinajstić information content (AvgIpc) is 3.42. The van der Waals surface area contributed by atoms with Crippen LogP contribution in [0.3, 0.4) is 0 Å². The zero-order valence-corrected chi connectivity index (χ0v) is 30.0. The summed E-state index contributed by atoms with van der Waals surface area (Å²) in [5, 5.41) is 26.9. The Bertz CT molecular complexity index is 880. The molecule has 0 spiro atoms. The number of fused-ring (bicyclic) bond motifs is 1. The molecule has 0 aliphatic carbocycles. The van der Waals surface area contributed by atoms with E-state index in [0.29, 0.717) is 30.0 Å². The van der Waals surface area contributed by atoms with Gasteiger partial charge >= 0.3 is 0 Å². The molecule has 0 aromatic heterocycles. The molecular formula is C40H73N3O3. The van der Waals surface area contributed by atoms with E-state index in [1.807, 2.05) is 0 Å². The van der Waals surface area contributed by atoms with Crippen molar-refractivity contribution in [3.63, 3.8) is 0 Å². The molecular weight excluding hydrogens is 570 g/mol. The molecule has 6 nitrogen and oxygen atoms in total. The molecule has 4 rings (SSSR count). The first-order valence-corrected chi connectivity index (χ1v) is 20.3. The van der Waals surface area contributed by atoms with Crippen LogP contribution >= 0.6 is 0 Å². The highest BCUT2D eigenvalue weighted by Gasteiger charge is 2.38. The van der Waals surface area contributed by atoms with E-state index >= 15 is 0 Å². The maximum Gasteiger partial charge on any atom is 0.223 e. The predicted octanol–water partition coefficient (Wildman–Crippen LogP) is 8.34. The first kappa shape index (κ1) is 37.9. The van der Waals surface area contributed by atoms with Crippen molar-refractivity contribution in [1.82, 2.24) is 15.5 Å². The first-order valence-electron chi connectivity index (χ1n) is 20.3. The van der Waals surface area contributed by atoms with E-state index in [0.717, 1.165) is 45.1 Å². The molecule has 4 N–H and O–H groups in total. The number of unbranched alkanes of at least 4 members (excludes halogenated alkanes) is 14. The van der Waals surface area contributed by atoms with Crippen LogP contribution in [0.1, 0.15) is 181 Å². The standard InChI is InChI=1S/C40H73N3O3/c1-31-38(44)26-23-35(41-31)21-17-13-9-5-3-7-11-15-19-33-29-34(37-25-28-40(46)43(37)30-33)20-16-12-8-4-6-10-14-18-22-36-24-27-39(45)32(2)42-36/h29,31-32,34-39,41-42,44-45H,3-28,30H2,1-2H3/t31-,32-,34-,35+,36+,37-,38-,39-/m0/s1. The van der Waals surface area contributed by atoms with Crippen LogP contribution in [0.4, 0.5) is 0 Å². The maximum atomic E-state index is 12.7. The quantitative estimate of drug-likeness (QED) is 0.0704. The van der Waals surface area contributed by atoms with Crippen LogP contribution in [-0.4, -0.2) is 70.0 Å².